The molecule has 1 fully saturated rings. The van der Waals surface area contributed by atoms with Gasteiger partial charge in [0.1, 0.15) is 30.2 Å². The predicted octanol–water partition coefficient (Wildman–Crippen LogP) is 4.76. The molecule has 1 amide bonds. The molecule has 1 aliphatic carbocycles. The molecule has 2 atom stereocenters. The van der Waals surface area contributed by atoms with E-state index in [1.165, 1.54) is 6.07 Å². The number of nitrogens with one attached hydrogen (secondary N) is 2. The number of halogens is 2. The molecule has 1 saturated heterocycles. The van der Waals surface area contributed by atoms with Crippen molar-refractivity contribution < 1.29 is 28.1 Å². The van der Waals surface area contributed by atoms with Crippen LogP contribution < -0.4 is 29.6 Å². The molecule has 6 rings (SSSR count). The number of aromatic nitrogens is 1. The van der Waals surface area contributed by atoms with E-state index in [1.54, 1.807) is 19.2 Å². The zero-order valence-electron chi connectivity index (χ0n) is 21.5. The molecule has 204 valence electrons. The number of fused-ring (bicyclic) bond motifs is 2. The standard InChI is InChI=1S/C29H29ClFN3O5/c1-36-28-16(14-32-15-17-5-8-27(35)33-17)11-22(30)29(34-28)39-24-7-6-19-18(3-2-4-20(19)24)21-12-25-26(13-23(21)31)38-10-9-37-25/h2-4,11-13,17,24,32H,5-10,14-15H2,1H3,(H,33,35)/t17-,24-/m0/s1. The Morgan fingerprint density at radius 1 is 1.10 bits per heavy atom. The van der Waals surface area contributed by atoms with Gasteiger partial charge < -0.3 is 29.6 Å². The lowest BCUT2D eigenvalue weighted by atomic mass is 9.96. The largest absolute Gasteiger partial charge is 0.486 e. The monoisotopic (exact) mass is 553 g/mol. The van der Waals surface area contributed by atoms with Gasteiger partial charge >= 0.3 is 0 Å². The van der Waals surface area contributed by atoms with E-state index in [0.29, 0.717) is 67.1 Å². The molecule has 0 radical (unpaired) electrons. The highest BCUT2D eigenvalue weighted by Crippen LogP contribution is 2.44. The number of carbonyl (C=O) groups excluding carboxylic acids is 1. The smallest absolute Gasteiger partial charge is 0.236 e. The van der Waals surface area contributed by atoms with E-state index >= 15 is 4.39 Å². The first-order chi connectivity index (χ1) is 19.0. The summed E-state index contributed by atoms with van der Waals surface area (Å²) in [5.41, 5.74) is 4.08. The fourth-order valence-electron chi connectivity index (χ4n) is 5.49. The van der Waals surface area contributed by atoms with Crippen molar-refractivity contribution in [3.63, 3.8) is 0 Å². The second kappa shape index (κ2) is 10.9. The number of benzene rings is 2. The number of methoxy groups -OCH3 is 1. The van der Waals surface area contributed by atoms with Gasteiger partial charge in [0.15, 0.2) is 11.5 Å². The van der Waals surface area contributed by atoms with Crippen LogP contribution in [0.25, 0.3) is 11.1 Å². The molecule has 2 N–H and O–H groups in total. The van der Waals surface area contributed by atoms with Gasteiger partial charge in [-0.3, -0.25) is 4.79 Å². The first-order valence-corrected chi connectivity index (χ1v) is 13.5. The van der Waals surface area contributed by atoms with Gasteiger partial charge in [-0.25, -0.2) is 4.39 Å². The van der Waals surface area contributed by atoms with Crippen LogP contribution in [0, 0.1) is 5.82 Å². The molecule has 10 heteroatoms. The van der Waals surface area contributed by atoms with E-state index in [-0.39, 0.29) is 29.8 Å². The van der Waals surface area contributed by atoms with Gasteiger partial charge in [0.2, 0.25) is 17.7 Å². The number of carbonyl (C=O) groups is 1. The molecule has 39 heavy (non-hydrogen) atoms. The molecule has 3 aliphatic rings. The maximum Gasteiger partial charge on any atom is 0.236 e. The van der Waals surface area contributed by atoms with Crippen molar-refractivity contribution >= 4 is 17.5 Å². The van der Waals surface area contributed by atoms with E-state index in [1.807, 2.05) is 18.2 Å². The maximum atomic E-state index is 15.1. The van der Waals surface area contributed by atoms with E-state index in [9.17, 15) is 4.79 Å². The Kier molecular flexibility index (Phi) is 7.18. The van der Waals surface area contributed by atoms with Gasteiger partial charge in [-0.15, -0.1) is 0 Å². The van der Waals surface area contributed by atoms with Gasteiger partial charge in [0, 0.05) is 42.7 Å². The topological polar surface area (TPSA) is 90.9 Å². The van der Waals surface area contributed by atoms with Crippen LogP contribution in [-0.2, 0) is 17.8 Å². The van der Waals surface area contributed by atoms with Crippen molar-refractivity contribution in [2.24, 2.45) is 0 Å². The van der Waals surface area contributed by atoms with Crippen LogP contribution in [0.3, 0.4) is 0 Å². The molecule has 0 bridgehead atoms. The van der Waals surface area contributed by atoms with Crippen molar-refractivity contribution in [1.29, 1.82) is 0 Å². The number of amides is 1. The quantitative estimate of drug-likeness (QED) is 0.416. The molecule has 1 aromatic heterocycles. The van der Waals surface area contributed by atoms with E-state index in [0.717, 1.165) is 35.1 Å². The zero-order valence-corrected chi connectivity index (χ0v) is 22.3. The lowest BCUT2D eigenvalue weighted by Crippen LogP contribution is -2.35. The fraction of sp³-hybridized carbons (Fsp3) is 0.379. The Morgan fingerprint density at radius 3 is 2.69 bits per heavy atom. The minimum absolute atomic E-state index is 0.0858. The molecule has 2 aromatic carbocycles. The molecule has 2 aliphatic heterocycles. The predicted molar refractivity (Wildman–Crippen MR) is 143 cm³/mol. The third-order valence-electron chi connectivity index (χ3n) is 7.36. The summed E-state index contributed by atoms with van der Waals surface area (Å²) in [5, 5.41) is 6.66. The van der Waals surface area contributed by atoms with E-state index in [4.69, 9.17) is 30.5 Å². The summed E-state index contributed by atoms with van der Waals surface area (Å²) in [6, 6.07) is 10.8. The Morgan fingerprint density at radius 2 is 1.92 bits per heavy atom. The second-order valence-electron chi connectivity index (χ2n) is 9.87. The number of pyridine rings is 1. The molecule has 0 spiro atoms. The second-order valence-corrected chi connectivity index (χ2v) is 10.3. The van der Waals surface area contributed by atoms with Crippen molar-refractivity contribution in [3.8, 4) is 34.4 Å². The summed E-state index contributed by atoms with van der Waals surface area (Å²) >= 11 is 6.60. The van der Waals surface area contributed by atoms with Gasteiger partial charge in [0.25, 0.3) is 0 Å². The summed E-state index contributed by atoms with van der Waals surface area (Å²) in [5.74, 6) is 1.41. The van der Waals surface area contributed by atoms with Crippen LogP contribution in [0.1, 0.15) is 42.1 Å². The minimum atomic E-state index is -0.356. The molecule has 3 aromatic rings. The number of hydrogen-bond acceptors (Lipinski definition) is 7. The number of hydrogen-bond donors (Lipinski definition) is 2. The Labute approximate surface area is 230 Å². The Hall–Kier alpha value is -3.56. The number of nitrogens with zero attached hydrogens (tertiary/aromatic N) is 1. The van der Waals surface area contributed by atoms with Gasteiger partial charge in [-0.2, -0.15) is 4.98 Å². The summed E-state index contributed by atoms with van der Waals surface area (Å²) < 4.78 is 38.2. The molecular formula is C29H29ClFN3O5. The van der Waals surface area contributed by atoms with Gasteiger partial charge in [0.05, 0.1) is 7.11 Å². The Bertz CT molecular complexity index is 1420. The van der Waals surface area contributed by atoms with Crippen LogP contribution in [0.2, 0.25) is 5.02 Å². The Balaban J connectivity index is 1.20. The van der Waals surface area contributed by atoms with Crippen LogP contribution >= 0.6 is 11.6 Å². The maximum absolute atomic E-state index is 15.1. The van der Waals surface area contributed by atoms with Crippen LogP contribution in [0.4, 0.5) is 4.39 Å². The average molecular weight is 554 g/mol. The van der Waals surface area contributed by atoms with Crippen LogP contribution in [-0.4, -0.2) is 43.8 Å². The first-order valence-electron chi connectivity index (χ1n) is 13.1. The van der Waals surface area contributed by atoms with Crippen molar-refractivity contribution in [2.45, 2.75) is 44.4 Å². The van der Waals surface area contributed by atoms with Crippen molar-refractivity contribution in [3.05, 3.63) is 63.9 Å². The highest BCUT2D eigenvalue weighted by molar-refractivity contribution is 6.31. The lowest BCUT2D eigenvalue weighted by Gasteiger charge is -2.20. The summed E-state index contributed by atoms with van der Waals surface area (Å²) in [7, 11) is 1.56. The molecule has 0 unspecified atom stereocenters. The first kappa shape index (κ1) is 25.7. The van der Waals surface area contributed by atoms with Crippen LogP contribution in [0.15, 0.2) is 36.4 Å². The molecule has 3 heterocycles. The summed E-state index contributed by atoms with van der Waals surface area (Å²) in [6.45, 7) is 1.98. The minimum Gasteiger partial charge on any atom is -0.486 e. The van der Waals surface area contributed by atoms with Crippen molar-refractivity contribution in [2.75, 3.05) is 26.9 Å². The average Bonchev–Trinajstić information content (AvgIpc) is 3.55. The lowest BCUT2D eigenvalue weighted by molar-refractivity contribution is -0.119. The zero-order chi connectivity index (χ0) is 26.9. The van der Waals surface area contributed by atoms with E-state index < -0.39 is 0 Å². The molecular weight excluding hydrogens is 525 g/mol. The third-order valence-corrected chi connectivity index (χ3v) is 7.63. The number of ether oxygens (including phenoxy) is 4. The van der Waals surface area contributed by atoms with Crippen LogP contribution in [0.5, 0.6) is 23.3 Å². The highest BCUT2D eigenvalue weighted by Gasteiger charge is 2.29. The molecule has 0 saturated carbocycles. The SMILES string of the molecule is COc1nc(O[C@H]2CCc3c(-c4cc5c(cc4F)OCCO5)cccc32)c(Cl)cc1CNC[C@@H]1CCC(=O)N1. The summed E-state index contributed by atoms with van der Waals surface area (Å²) in [6.07, 6.45) is 2.52. The molecule has 8 nitrogen and oxygen atoms in total. The fourth-order valence-corrected chi connectivity index (χ4v) is 5.71. The number of rotatable bonds is 8. The van der Waals surface area contributed by atoms with Gasteiger partial charge in [-0.05, 0) is 48.1 Å². The third kappa shape index (κ3) is 5.21. The normalized spacial score (nSPS) is 19.5. The summed E-state index contributed by atoms with van der Waals surface area (Å²) in [4.78, 5) is 16.0. The van der Waals surface area contributed by atoms with Crippen molar-refractivity contribution in [1.82, 2.24) is 15.6 Å². The highest BCUT2D eigenvalue weighted by atomic mass is 35.5. The van der Waals surface area contributed by atoms with E-state index in [2.05, 4.69) is 15.6 Å². The van der Waals surface area contributed by atoms with Gasteiger partial charge in [-0.1, -0.05) is 29.8 Å².